The molecule has 0 radical (unpaired) electrons. The van der Waals surface area contributed by atoms with E-state index in [1.54, 1.807) is 32.2 Å². The zero-order valence-electron chi connectivity index (χ0n) is 12.0. The Kier molecular flexibility index (Phi) is 6.32. The number of aryl methyl sites for hydroxylation is 1. The van der Waals surface area contributed by atoms with E-state index in [1.807, 2.05) is 6.07 Å². The average Bonchev–Trinajstić information content (AvgIpc) is 2.36. The molecular weight excluding hydrogens is 296 g/mol. The predicted molar refractivity (Wildman–Crippen MR) is 82.4 cm³/mol. The molecule has 0 saturated heterocycles. The third kappa shape index (κ3) is 4.97. The summed E-state index contributed by atoms with van der Waals surface area (Å²) in [5.41, 5.74) is 7.00. The van der Waals surface area contributed by atoms with Crippen LogP contribution >= 0.6 is 0 Å². The van der Waals surface area contributed by atoms with Crippen LogP contribution in [-0.4, -0.2) is 30.7 Å². The van der Waals surface area contributed by atoms with Gasteiger partial charge in [-0.3, -0.25) is 4.21 Å². The predicted octanol–water partition coefficient (Wildman–Crippen LogP) is 0.889. The van der Waals surface area contributed by atoms with Crippen LogP contribution in [0.5, 0.6) is 0 Å². The summed E-state index contributed by atoms with van der Waals surface area (Å²) in [5, 5.41) is 0. The zero-order valence-corrected chi connectivity index (χ0v) is 13.7. The summed E-state index contributed by atoms with van der Waals surface area (Å²) in [5.74, 6) is 0.478. The molecular formula is C13H22N2O3S2. The van der Waals surface area contributed by atoms with E-state index in [4.69, 9.17) is 5.73 Å². The fourth-order valence-corrected chi connectivity index (χ4v) is 4.05. The smallest absolute Gasteiger partial charge is 0.241 e. The summed E-state index contributed by atoms with van der Waals surface area (Å²) in [7, 11) is -4.50. The molecule has 2 atom stereocenters. The molecule has 5 nitrogen and oxygen atoms in total. The number of rotatable bonds is 7. The Bertz CT molecular complexity index is 585. The maximum atomic E-state index is 12.3. The molecule has 1 aromatic rings. The highest BCUT2D eigenvalue weighted by Gasteiger charge is 2.19. The minimum Gasteiger partial charge on any atom is -0.326 e. The molecule has 0 aliphatic heterocycles. The molecule has 0 bridgehead atoms. The minimum atomic E-state index is -3.58. The first kappa shape index (κ1) is 17.3. The van der Waals surface area contributed by atoms with E-state index < -0.39 is 20.8 Å². The van der Waals surface area contributed by atoms with Gasteiger partial charge in [-0.2, -0.15) is 0 Å². The number of hydrogen-bond donors (Lipinski definition) is 2. The lowest BCUT2D eigenvalue weighted by Crippen LogP contribution is -2.34. The Balaban J connectivity index is 2.90. The molecule has 0 aromatic heterocycles. The van der Waals surface area contributed by atoms with Crippen LogP contribution in [-0.2, 0) is 27.4 Å². The van der Waals surface area contributed by atoms with E-state index in [1.165, 1.54) is 0 Å². The van der Waals surface area contributed by atoms with Gasteiger partial charge in [0.25, 0.3) is 0 Å². The van der Waals surface area contributed by atoms with Gasteiger partial charge in [-0.05, 0) is 37.5 Å². The molecule has 0 saturated carbocycles. The maximum Gasteiger partial charge on any atom is 0.241 e. The quantitative estimate of drug-likeness (QED) is 0.781. The Labute approximate surface area is 123 Å². The number of benzene rings is 1. The third-order valence-corrected chi connectivity index (χ3v) is 5.51. The third-order valence-electron chi connectivity index (χ3n) is 2.97. The van der Waals surface area contributed by atoms with Crippen molar-refractivity contribution in [2.45, 2.75) is 37.8 Å². The van der Waals surface area contributed by atoms with Crippen LogP contribution in [0.25, 0.3) is 0 Å². The van der Waals surface area contributed by atoms with Crippen molar-refractivity contribution in [2.24, 2.45) is 5.73 Å². The van der Waals surface area contributed by atoms with Crippen molar-refractivity contribution in [1.29, 1.82) is 0 Å². The molecule has 0 heterocycles. The van der Waals surface area contributed by atoms with E-state index in [9.17, 15) is 12.6 Å². The lowest BCUT2D eigenvalue weighted by molar-refractivity contribution is 0.555. The van der Waals surface area contributed by atoms with Crippen LogP contribution in [0.4, 0.5) is 0 Å². The monoisotopic (exact) mass is 318 g/mol. The summed E-state index contributed by atoms with van der Waals surface area (Å²) in [6.45, 7) is 3.82. The van der Waals surface area contributed by atoms with Crippen LogP contribution in [0, 0.1) is 6.92 Å². The molecule has 0 aliphatic carbocycles. The second-order valence-corrected chi connectivity index (χ2v) is 8.13. The molecule has 0 amide bonds. The van der Waals surface area contributed by atoms with Gasteiger partial charge in [-0.15, -0.1) is 0 Å². The van der Waals surface area contributed by atoms with Gasteiger partial charge in [-0.25, -0.2) is 13.1 Å². The van der Waals surface area contributed by atoms with Gasteiger partial charge in [0, 0.05) is 35.4 Å². The van der Waals surface area contributed by atoms with Crippen molar-refractivity contribution >= 4 is 20.8 Å². The van der Waals surface area contributed by atoms with Gasteiger partial charge in [-0.1, -0.05) is 12.1 Å². The lowest BCUT2D eigenvalue weighted by atomic mass is 10.1. The SMILES string of the molecule is Cc1ccc(CN)cc1S(=O)(=O)NC(C)CCS(C)=O. The van der Waals surface area contributed by atoms with Crippen molar-refractivity contribution in [3.8, 4) is 0 Å². The van der Waals surface area contributed by atoms with Crippen molar-refractivity contribution in [3.63, 3.8) is 0 Å². The van der Waals surface area contributed by atoms with Crippen LogP contribution in [0.1, 0.15) is 24.5 Å². The van der Waals surface area contributed by atoms with Gasteiger partial charge in [0.1, 0.15) is 0 Å². The number of nitrogens with two attached hydrogens (primary N) is 1. The molecule has 0 aliphatic rings. The molecule has 2 unspecified atom stereocenters. The lowest BCUT2D eigenvalue weighted by Gasteiger charge is -2.15. The Morgan fingerprint density at radius 1 is 1.40 bits per heavy atom. The topological polar surface area (TPSA) is 89.3 Å². The second-order valence-electron chi connectivity index (χ2n) is 4.89. The number of sulfonamides is 1. The Morgan fingerprint density at radius 3 is 2.60 bits per heavy atom. The Morgan fingerprint density at radius 2 is 2.05 bits per heavy atom. The first-order chi connectivity index (χ1) is 9.26. The van der Waals surface area contributed by atoms with Gasteiger partial charge >= 0.3 is 0 Å². The van der Waals surface area contributed by atoms with E-state index in [-0.39, 0.29) is 10.9 Å². The van der Waals surface area contributed by atoms with Crippen LogP contribution in [0.15, 0.2) is 23.1 Å². The minimum absolute atomic E-state index is 0.255. The van der Waals surface area contributed by atoms with Crippen LogP contribution in [0.2, 0.25) is 0 Å². The summed E-state index contributed by atoms with van der Waals surface area (Å²) in [4.78, 5) is 0.255. The van der Waals surface area contributed by atoms with Gasteiger partial charge < -0.3 is 5.73 Å². The zero-order chi connectivity index (χ0) is 15.3. The highest BCUT2D eigenvalue weighted by atomic mass is 32.2. The molecule has 0 fully saturated rings. The molecule has 114 valence electrons. The summed E-state index contributed by atoms with van der Waals surface area (Å²) < 4.78 is 38.4. The van der Waals surface area contributed by atoms with Gasteiger partial charge in [0.2, 0.25) is 10.0 Å². The van der Waals surface area contributed by atoms with E-state index in [0.29, 0.717) is 24.3 Å². The molecule has 0 spiro atoms. The summed E-state index contributed by atoms with van der Waals surface area (Å²) >= 11 is 0. The molecule has 1 rings (SSSR count). The van der Waals surface area contributed by atoms with Gasteiger partial charge in [0.15, 0.2) is 0 Å². The van der Waals surface area contributed by atoms with Crippen molar-refractivity contribution in [3.05, 3.63) is 29.3 Å². The fourth-order valence-electron chi connectivity index (χ4n) is 1.79. The number of hydrogen-bond acceptors (Lipinski definition) is 4. The molecule has 1 aromatic carbocycles. The standard InChI is InChI=1S/C13H22N2O3S2/c1-10-4-5-12(9-14)8-13(10)20(17,18)15-11(2)6-7-19(3)16/h4-5,8,11,15H,6-7,9,14H2,1-3H3. The van der Waals surface area contributed by atoms with Crippen molar-refractivity contribution in [2.75, 3.05) is 12.0 Å². The number of nitrogens with one attached hydrogen (secondary N) is 1. The molecule has 7 heteroatoms. The summed E-state index contributed by atoms with van der Waals surface area (Å²) in [6.07, 6.45) is 2.15. The second kappa shape index (κ2) is 7.31. The molecule has 3 N–H and O–H groups in total. The average molecular weight is 318 g/mol. The Hall–Kier alpha value is -0.760. The fraction of sp³-hybridized carbons (Fsp3) is 0.538. The maximum absolute atomic E-state index is 12.3. The van der Waals surface area contributed by atoms with Crippen molar-refractivity contribution in [1.82, 2.24) is 4.72 Å². The van der Waals surface area contributed by atoms with Crippen molar-refractivity contribution < 1.29 is 12.6 Å². The van der Waals surface area contributed by atoms with Gasteiger partial charge in [0.05, 0.1) is 4.90 Å². The van der Waals surface area contributed by atoms with Crippen LogP contribution < -0.4 is 10.5 Å². The van der Waals surface area contributed by atoms with E-state index >= 15 is 0 Å². The molecule has 20 heavy (non-hydrogen) atoms. The largest absolute Gasteiger partial charge is 0.326 e. The van der Waals surface area contributed by atoms with E-state index in [0.717, 1.165) is 5.56 Å². The normalized spacial score (nSPS) is 15.0. The first-order valence-corrected chi connectivity index (χ1v) is 9.59. The highest BCUT2D eigenvalue weighted by Crippen LogP contribution is 2.17. The van der Waals surface area contributed by atoms with E-state index in [2.05, 4.69) is 4.72 Å². The van der Waals surface area contributed by atoms with Crippen LogP contribution in [0.3, 0.4) is 0 Å². The first-order valence-electron chi connectivity index (χ1n) is 6.38. The highest BCUT2D eigenvalue weighted by molar-refractivity contribution is 7.89. The summed E-state index contributed by atoms with van der Waals surface area (Å²) in [6, 6.07) is 4.91.